The van der Waals surface area contributed by atoms with Gasteiger partial charge in [0.1, 0.15) is 10.5 Å². The first-order valence-corrected chi connectivity index (χ1v) is 8.49. The first-order valence-electron chi connectivity index (χ1n) is 7.51. The van der Waals surface area contributed by atoms with Crippen molar-refractivity contribution in [2.75, 3.05) is 20.0 Å². The summed E-state index contributed by atoms with van der Waals surface area (Å²) in [6, 6.07) is 5.96. The van der Waals surface area contributed by atoms with Crippen LogP contribution in [0, 0.1) is 0 Å². The van der Waals surface area contributed by atoms with Crippen molar-refractivity contribution in [1.29, 1.82) is 0 Å². The number of H-pyrrole nitrogens is 2. The Morgan fingerprint density at radius 2 is 1.92 bits per heavy atom. The van der Waals surface area contributed by atoms with Crippen molar-refractivity contribution in [3.8, 4) is 11.5 Å². The maximum absolute atomic E-state index is 5.75. The molecule has 3 aromatic heterocycles. The zero-order chi connectivity index (χ0) is 17.4. The number of aromatic nitrogens is 5. The molecule has 128 valence electrons. The molecule has 0 atom stereocenters. The van der Waals surface area contributed by atoms with E-state index in [0.29, 0.717) is 22.9 Å². The number of hydrogen-bond acceptors (Lipinski definition) is 7. The molecule has 0 spiro atoms. The predicted octanol–water partition coefficient (Wildman–Crippen LogP) is 2.73. The topological polar surface area (TPSA) is 115 Å². The van der Waals surface area contributed by atoms with Gasteiger partial charge in [-0.05, 0) is 12.1 Å². The Bertz CT molecular complexity index is 1020. The Labute approximate surface area is 147 Å². The summed E-state index contributed by atoms with van der Waals surface area (Å²) in [6.07, 6.45) is 1.59. The predicted molar refractivity (Wildman–Crippen MR) is 97.1 cm³/mol. The second-order valence-corrected chi connectivity index (χ2v) is 6.33. The Morgan fingerprint density at radius 1 is 1.12 bits per heavy atom. The van der Waals surface area contributed by atoms with Crippen molar-refractivity contribution in [3.63, 3.8) is 0 Å². The summed E-state index contributed by atoms with van der Waals surface area (Å²) in [6.45, 7) is 0. The average molecular weight is 356 g/mol. The molecular weight excluding hydrogens is 340 g/mol. The molecule has 4 rings (SSSR count). The summed E-state index contributed by atoms with van der Waals surface area (Å²) in [5.41, 5.74) is 9.16. The molecule has 0 aliphatic carbocycles. The number of hydrogen-bond donors (Lipinski definition) is 3. The quantitative estimate of drug-likeness (QED) is 0.372. The van der Waals surface area contributed by atoms with Crippen LogP contribution in [0.15, 0.2) is 29.6 Å². The number of fused-ring (bicyclic) bond motifs is 2. The average Bonchev–Trinajstić information content (AvgIpc) is 3.23. The molecule has 3 heterocycles. The molecule has 9 heteroatoms. The van der Waals surface area contributed by atoms with Gasteiger partial charge in [-0.1, -0.05) is 11.8 Å². The number of nitrogens with two attached hydrogens (primary N) is 1. The fraction of sp³-hybridized carbons (Fsp3) is 0.188. The molecule has 4 N–H and O–H groups in total. The van der Waals surface area contributed by atoms with Gasteiger partial charge in [0.2, 0.25) is 5.95 Å². The van der Waals surface area contributed by atoms with Gasteiger partial charge in [0.15, 0.2) is 17.1 Å². The van der Waals surface area contributed by atoms with E-state index in [2.05, 4.69) is 31.0 Å². The van der Waals surface area contributed by atoms with Crippen LogP contribution in [0.4, 0.5) is 5.95 Å². The highest BCUT2D eigenvalue weighted by Gasteiger charge is 2.12. The van der Waals surface area contributed by atoms with Crippen LogP contribution in [0.2, 0.25) is 0 Å². The summed E-state index contributed by atoms with van der Waals surface area (Å²) >= 11 is 1.56. The number of imidazole rings is 1. The van der Waals surface area contributed by atoms with Crippen LogP contribution < -0.4 is 15.2 Å². The van der Waals surface area contributed by atoms with Crippen LogP contribution in [-0.2, 0) is 5.75 Å². The number of aromatic amines is 2. The van der Waals surface area contributed by atoms with Crippen LogP contribution >= 0.6 is 11.8 Å². The number of benzene rings is 1. The van der Waals surface area contributed by atoms with E-state index in [0.717, 1.165) is 27.1 Å². The van der Waals surface area contributed by atoms with E-state index < -0.39 is 0 Å². The second kappa shape index (κ2) is 6.17. The molecule has 0 fully saturated rings. The highest BCUT2D eigenvalue weighted by atomic mass is 32.2. The number of thioether (sulfide) groups is 1. The third kappa shape index (κ3) is 2.82. The van der Waals surface area contributed by atoms with Crippen LogP contribution in [-0.4, -0.2) is 39.1 Å². The number of nitrogen functional groups attached to an aromatic ring is 1. The highest BCUT2D eigenvalue weighted by molar-refractivity contribution is 7.98. The van der Waals surface area contributed by atoms with Crippen molar-refractivity contribution in [2.45, 2.75) is 10.8 Å². The molecule has 0 amide bonds. The van der Waals surface area contributed by atoms with Gasteiger partial charge in [-0.2, -0.15) is 4.98 Å². The minimum absolute atomic E-state index is 0.216. The van der Waals surface area contributed by atoms with Crippen LogP contribution in [0.5, 0.6) is 11.5 Å². The molecule has 0 aliphatic rings. The molecule has 8 nitrogen and oxygen atoms in total. The minimum Gasteiger partial charge on any atom is -0.493 e. The van der Waals surface area contributed by atoms with Crippen molar-refractivity contribution in [3.05, 3.63) is 30.2 Å². The number of anilines is 1. The van der Waals surface area contributed by atoms with Gasteiger partial charge < -0.3 is 25.2 Å². The van der Waals surface area contributed by atoms with Crippen LogP contribution in [0.25, 0.3) is 22.1 Å². The first-order chi connectivity index (χ1) is 12.2. The summed E-state index contributed by atoms with van der Waals surface area (Å²) in [7, 11) is 3.25. The van der Waals surface area contributed by atoms with Crippen molar-refractivity contribution in [2.24, 2.45) is 0 Å². The monoisotopic (exact) mass is 356 g/mol. The van der Waals surface area contributed by atoms with E-state index in [1.54, 1.807) is 32.3 Å². The largest absolute Gasteiger partial charge is 0.493 e. The first kappa shape index (κ1) is 15.6. The number of rotatable bonds is 5. The maximum atomic E-state index is 5.75. The van der Waals surface area contributed by atoms with Gasteiger partial charge in [0, 0.05) is 28.4 Å². The lowest BCUT2D eigenvalue weighted by atomic mass is 10.2. The molecule has 1 aromatic carbocycles. The van der Waals surface area contributed by atoms with Gasteiger partial charge in [0.05, 0.1) is 20.5 Å². The summed E-state index contributed by atoms with van der Waals surface area (Å²) in [4.78, 5) is 19.0. The summed E-state index contributed by atoms with van der Waals surface area (Å²) in [5, 5.41) is 1.83. The molecule has 0 aliphatic heterocycles. The number of nitrogens with one attached hydrogen (secondary N) is 2. The van der Waals surface area contributed by atoms with Crippen molar-refractivity contribution < 1.29 is 9.47 Å². The van der Waals surface area contributed by atoms with Crippen LogP contribution in [0.1, 0.15) is 5.69 Å². The van der Waals surface area contributed by atoms with E-state index in [1.165, 1.54) is 0 Å². The number of ether oxygens (including phenoxy) is 2. The molecule has 0 unspecified atom stereocenters. The normalized spacial score (nSPS) is 11.3. The molecule has 25 heavy (non-hydrogen) atoms. The lowest BCUT2D eigenvalue weighted by Gasteiger charge is -2.06. The lowest BCUT2D eigenvalue weighted by molar-refractivity contribution is 0.356. The van der Waals surface area contributed by atoms with E-state index in [-0.39, 0.29) is 5.95 Å². The van der Waals surface area contributed by atoms with E-state index in [1.807, 2.05) is 12.1 Å². The van der Waals surface area contributed by atoms with E-state index in [4.69, 9.17) is 15.2 Å². The SMILES string of the molecule is COc1cc2cc(CSc3nc(N)nc4nc[nH]c34)[nH]c2cc1OC. The number of methoxy groups -OCH3 is 2. The smallest absolute Gasteiger partial charge is 0.223 e. The molecular formula is C16H16N6O2S. The number of nitrogens with zero attached hydrogens (tertiary/aromatic N) is 3. The molecule has 0 saturated heterocycles. The van der Waals surface area contributed by atoms with Gasteiger partial charge >= 0.3 is 0 Å². The van der Waals surface area contributed by atoms with Gasteiger partial charge in [0.25, 0.3) is 0 Å². The van der Waals surface area contributed by atoms with Gasteiger partial charge in [-0.25, -0.2) is 9.97 Å². The van der Waals surface area contributed by atoms with Crippen molar-refractivity contribution in [1.82, 2.24) is 24.9 Å². The van der Waals surface area contributed by atoms with Gasteiger partial charge in [-0.15, -0.1) is 0 Å². The Kier molecular flexibility index (Phi) is 3.85. The Balaban J connectivity index is 1.63. The summed E-state index contributed by atoms with van der Waals surface area (Å²) < 4.78 is 10.7. The minimum atomic E-state index is 0.216. The van der Waals surface area contributed by atoms with Gasteiger partial charge in [-0.3, -0.25) is 0 Å². The zero-order valence-electron chi connectivity index (χ0n) is 13.7. The third-order valence-electron chi connectivity index (χ3n) is 3.81. The molecule has 0 radical (unpaired) electrons. The van der Waals surface area contributed by atoms with Crippen LogP contribution in [0.3, 0.4) is 0 Å². The van der Waals surface area contributed by atoms with E-state index in [9.17, 15) is 0 Å². The summed E-state index contributed by atoms with van der Waals surface area (Å²) in [5.74, 6) is 2.31. The maximum Gasteiger partial charge on any atom is 0.223 e. The Morgan fingerprint density at radius 3 is 2.72 bits per heavy atom. The standard InChI is InChI=1S/C16H16N6O2S/c1-23-11-4-8-3-9(20-10(8)5-12(11)24-2)6-25-15-13-14(19-7-18-13)21-16(17)22-15/h3-5,7,20H,6H2,1-2H3,(H3,17,18,19,21,22). The zero-order valence-corrected chi connectivity index (χ0v) is 14.5. The lowest BCUT2D eigenvalue weighted by Crippen LogP contribution is -1.97. The molecule has 4 aromatic rings. The fourth-order valence-corrected chi connectivity index (χ4v) is 3.57. The van der Waals surface area contributed by atoms with Crippen molar-refractivity contribution >= 4 is 39.8 Å². The van der Waals surface area contributed by atoms with E-state index >= 15 is 0 Å². The third-order valence-corrected chi connectivity index (χ3v) is 4.84. The fourth-order valence-electron chi connectivity index (χ4n) is 2.67. The molecule has 0 saturated carbocycles. The highest BCUT2D eigenvalue weighted by Crippen LogP contribution is 2.33. The Hall–Kier alpha value is -2.94. The second-order valence-electron chi connectivity index (χ2n) is 5.37. The molecule has 0 bridgehead atoms.